The monoisotopic (exact) mass is 624 g/mol. The fourth-order valence-corrected chi connectivity index (χ4v) is 19.3. The van der Waals surface area contributed by atoms with Crippen LogP contribution in [0.15, 0.2) is 18.2 Å². The van der Waals surface area contributed by atoms with Crippen LogP contribution in [-0.2, 0) is 0 Å². The predicted octanol–water partition coefficient (Wildman–Crippen LogP) is 5.63. The van der Waals surface area contributed by atoms with Gasteiger partial charge in [-0.3, -0.25) is 0 Å². The zero-order valence-corrected chi connectivity index (χ0v) is 20.2. The van der Waals surface area contributed by atoms with Gasteiger partial charge in [-0.15, -0.1) is 0 Å². The van der Waals surface area contributed by atoms with Crippen LogP contribution >= 0.6 is 0 Å². The number of halogens is 12. The molecule has 0 unspecified atom stereocenters. The van der Waals surface area contributed by atoms with E-state index in [0.717, 1.165) is 0 Å². The Morgan fingerprint density at radius 1 is 0.457 bits per heavy atom. The van der Waals surface area contributed by atoms with Crippen LogP contribution in [0.5, 0.6) is 0 Å². The summed E-state index contributed by atoms with van der Waals surface area (Å²) in [7, 11) is 0. The molecule has 0 aliphatic rings. The summed E-state index contributed by atoms with van der Waals surface area (Å²) in [5.41, 5.74) is 0. The molecule has 0 atom stereocenters. The van der Waals surface area contributed by atoms with Gasteiger partial charge in [0.15, 0.2) is 0 Å². The van der Waals surface area contributed by atoms with E-state index in [-0.39, 0.29) is 24.6 Å². The van der Waals surface area contributed by atoms with E-state index in [9.17, 15) is 26.3 Å². The first-order chi connectivity index (χ1) is 16.3. The third kappa shape index (κ3) is 4.27. The molecule has 0 fully saturated rings. The van der Waals surface area contributed by atoms with Gasteiger partial charge in [0.05, 0.1) is 0 Å². The molecule has 0 saturated carbocycles. The summed E-state index contributed by atoms with van der Waals surface area (Å²) in [4.78, 5) is 0. The average molecular weight is 623 g/mol. The molecular weight excluding hydrogens is 611 g/mol. The molecule has 3 aromatic carbocycles. The van der Waals surface area contributed by atoms with E-state index >= 15 is 26.3 Å². The van der Waals surface area contributed by atoms with Gasteiger partial charge in [-0.1, -0.05) is 0 Å². The van der Waals surface area contributed by atoms with Crippen LogP contribution in [0.1, 0.15) is 19.8 Å². The molecule has 3 aromatic rings. The van der Waals surface area contributed by atoms with Crippen molar-refractivity contribution in [3.05, 3.63) is 88.0 Å². The molecule has 0 spiro atoms. The molecule has 0 aromatic heterocycles. The van der Waals surface area contributed by atoms with Crippen molar-refractivity contribution in [3.63, 3.8) is 0 Å². The van der Waals surface area contributed by atoms with Gasteiger partial charge in [-0.25, -0.2) is 0 Å². The van der Waals surface area contributed by atoms with Gasteiger partial charge in [-0.05, 0) is 0 Å². The second-order valence-corrected chi connectivity index (χ2v) is 18.4. The summed E-state index contributed by atoms with van der Waals surface area (Å²) in [6.45, 7) is 1.37. The molecule has 0 radical (unpaired) electrons. The van der Waals surface area contributed by atoms with Crippen molar-refractivity contribution in [1.29, 1.82) is 0 Å². The molecule has 0 heterocycles. The van der Waals surface area contributed by atoms with Gasteiger partial charge in [0.25, 0.3) is 0 Å². The first-order valence-electron chi connectivity index (χ1n) is 9.81. The maximum atomic E-state index is 15.1. The third-order valence-electron chi connectivity index (χ3n) is 5.52. The van der Waals surface area contributed by atoms with Gasteiger partial charge in [0.2, 0.25) is 0 Å². The van der Waals surface area contributed by atoms with Crippen LogP contribution in [-0.4, -0.2) is 18.4 Å². The topological polar surface area (TPSA) is 0 Å². The minimum absolute atomic E-state index is 0.0538. The van der Waals surface area contributed by atoms with Gasteiger partial charge < -0.3 is 0 Å². The van der Waals surface area contributed by atoms with Crippen LogP contribution in [0.2, 0.25) is 4.44 Å². The fourth-order valence-electron chi connectivity index (χ4n) is 4.04. The molecule has 0 amide bonds. The molecule has 0 aliphatic heterocycles. The maximum absolute atomic E-state index is 15.1. The zero-order chi connectivity index (χ0) is 26.4. The first-order valence-corrected chi connectivity index (χ1v) is 16.1. The Bertz CT molecular complexity index is 1090. The molecule has 0 saturated heterocycles. The quantitative estimate of drug-likeness (QED) is 0.190. The SMILES string of the molecule is CCC[CH2][Sn]([c]1c(F)c(F)cc(F)c1F)([c]1c(F)c(F)cc(F)c1F)[c]1c(F)c(F)cc(F)c1F. The summed E-state index contributed by atoms with van der Waals surface area (Å²) in [5, 5.41) is 0. The number of unbranched alkanes of at least 4 members (excludes halogenated alkanes) is 1. The van der Waals surface area contributed by atoms with E-state index in [1.807, 2.05) is 0 Å². The van der Waals surface area contributed by atoms with Crippen LogP contribution in [0.4, 0.5) is 52.7 Å². The second-order valence-electron chi connectivity index (χ2n) is 7.54. The van der Waals surface area contributed by atoms with Crippen molar-refractivity contribution in [2.45, 2.75) is 24.2 Å². The van der Waals surface area contributed by atoms with E-state index in [4.69, 9.17) is 0 Å². The molecule has 0 bridgehead atoms. The van der Waals surface area contributed by atoms with Crippen molar-refractivity contribution in [2.75, 3.05) is 0 Å². The molecular formula is C22H12F12Sn. The molecule has 0 aliphatic carbocycles. The van der Waals surface area contributed by atoms with E-state index in [2.05, 4.69) is 0 Å². The van der Waals surface area contributed by atoms with Gasteiger partial charge in [-0.2, -0.15) is 0 Å². The summed E-state index contributed by atoms with van der Waals surface area (Å²) in [6, 6.07) is -0.993. The third-order valence-corrected chi connectivity index (χ3v) is 19.7. The van der Waals surface area contributed by atoms with Crippen LogP contribution in [0, 0.1) is 69.8 Å². The van der Waals surface area contributed by atoms with Gasteiger partial charge in [0.1, 0.15) is 0 Å². The molecule has 0 nitrogen and oxygen atoms in total. The van der Waals surface area contributed by atoms with Crippen molar-refractivity contribution < 1.29 is 52.7 Å². The van der Waals surface area contributed by atoms with E-state index in [1.54, 1.807) is 0 Å². The predicted molar refractivity (Wildman–Crippen MR) is 103 cm³/mol. The van der Waals surface area contributed by atoms with Crippen molar-refractivity contribution >= 4 is 29.1 Å². The minimum atomic E-state index is -7.23. The van der Waals surface area contributed by atoms with Crippen molar-refractivity contribution in [3.8, 4) is 0 Å². The normalized spacial score (nSPS) is 11.9. The second kappa shape index (κ2) is 9.94. The molecule has 3 rings (SSSR count). The van der Waals surface area contributed by atoms with E-state index in [1.165, 1.54) is 6.92 Å². The number of rotatable bonds is 6. The number of hydrogen-bond donors (Lipinski definition) is 0. The Kier molecular flexibility index (Phi) is 7.73. The Morgan fingerprint density at radius 3 is 0.886 bits per heavy atom. The van der Waals surface area contributed by atoms with Crippen molar-refractivity contribution in [2.24, 2.45) is 0 Å². The molecule has 13 heteroatoms. The van der Waals surface area contributed by atoms with E-state index < -0.39 is 110 Å². The van der Waals surface area contributed by atoms with Gasteiger partial charge in [0, 0.05) is 0 Å². The standard InChI is InChI=1S/3C6HF4.C4H9.Sn/c3*7-3-1-4(8)6(10)2-5(3)9;1-3-4-2;/h3*1H;1,3-4H2,2H3;. The Balaban J connectivity index is 2.79. The molecule has 188 valence electrons. The van der Waals surface area contributed by atoms with Crippen molar-refractivity contribution in [1.82, 2.24) is 0 Å². The number of benzene rings is 3. The van der Waals surface area contributed by atoms with Crippen LogP contribution in [0.25, 0.3) is 0 Å². The summed E-state index contributed by atoms with van der Waals surface area (Å²) < 4.78 is 169. The van der Waals surface area contributed by atoms with E-state index in [0.29, 0.717) is 0 Å². The Morgan fingerprint density at radius 2 is 0.686 bits per heavy atom. The van der Waals surface area contributed by atoms with Gasteiger partial charge >= 0.3 is 194 Å². The summed E-state index contributed by atoms with van der Waals surface area (Å²) in [5.74, 6) is -27.4. The average Bonchev–Trinajstić information content (AvgIpc) is 2.79. The van der Waals surface area contributed by atoms with Crippen LogP contribution in [0.3, 0.4) is 0 Å². The fraction of sp³-hybridized carbons (Fsp3) is 0.182. The molecule has 0 N–H and O–H groups in total. The zero-order valence-electron chi connectivity index (χ0n) is 17.4. The summed E-state index contributed by atoms with van der Waals surface area (Å²) in [6.07, 6.45) is -0.497. The summed E-state index contributed by atoms with van der Waals surface area (Å²) >= 11 is -7.23. The molecule has 35 heavy (non-hydrogen) atoms. The van der Waals surface area contributed by atoms with Crippen LogP contribution < -0.4 is 10.7 Å². The first kappa shape index (κ1) is 27.2. The Hall–Kier alpha value is -2.38. The Labute approximate surface area is 194 Å². The number of hydrogen-bond acceptors (Lipinski definition) is 0.